The largest absolute Gasteiger partial charge is 0.321 e. The van der Waals surface area contributed by atoms with Gasteiger partial charge in [0.05, 0.1) is 6.33 Å². The lowest BCUT2D eigenvalue weighted by Gasteiger charge is -1.96. The summed E-state index contributed by atoms with van der Waals surface area (Å²) in [5.74, 6) is 0. The van der Waals surface area contributed by atoms with Crippen molar-refractivity contribution in [1.29, 1.82) is 0 Å². The fourth-order valence-electron chi connectivity index (χ4n) is 0.609. The maximum absolute atomic E-state index is 4.13. The summed E-state index contributed by atoms with van der Waals surface area (Å²) in [7, 11) is 0. The highest BCUT2D eigenvalue weighted by atomic mass is 127. The maximum Gasteiger partial charge on any atom is 0.132 e. The van der Waals surface area contributed by atoms with Crippen LogP contribution in [0.25, 0.3) is 0 Å². The minimum absolute atomic E-state index is 0.842. The van der Waals surface area contributed by atoms with Gasteiger partial charge < -0.3 is 4.57 Å². The summed E-state index contributed by atoms with van der Waals surface area (Å²) in [6, 6.07) is 0. The zero-order chi connectivity index (χ0) is 7.56. The van der Waals surface area contributed by atoms with Crippen LogP contribution in [0.5, 0.6) is 0 Å². The Balaban J connectivity index is 2.93. The van der Waals surface area contributed by atoms with Gasteiger partial charge in [-0.3, -0.25) is 0 Å². The minimum atomic E-state index is 0.842. The zero-order valence-electron chi connectivity index (χ0n) is 5.22. The van der Waals surface area contributed by atoms with Crippen molar-refractivity contribution < 1.29 is 0 Å². The first-order chi connectivity index (χ1) is 4.75. The Morgan fingerprint density at radius 1 is 1.70 bits per heavy atom. The molecule has 0 N–H and O–H groups in total. The SMILES string of the molecule is C=CCn1cnc(I)c1I. The number of aromatic nitrogens is 2. The number of imidazole rings is 1. The van der Waals surface area contributed by atoms with E-state index in [1.807, 2.05) is 12.4 Å². The molecule has 0 saturated carbocycles. The number of rotatable bonds is 2. The van der Waals surface area contributed by atoms with Crippen molar-refractivity contribution in [3.05, 3.63) is 26.4 Å². The van der Waals surface area contributed by atoms with E-state index < -0.39 is 0 Å². The van der Waals surface area contributed by atoms with Gasteiger partial charge >= 0.3 is 0 Å². The lowest BCUT2D eigenvalue weighted by Crippen LogP contribution is -1.94. The third-order valence-corrected chi connectivity index (χ3v) is 4.01. The number of hydrogen-bond donors (Lipinski definition) is 0. The molecule has 0 amide bonds. The Hall–Kier alpha value is 0.410. The van der Waals surface area contributed by atoms with Gasteiger partial charge in [-0.25, -0.2) is 4.98 Å². The molecule has 0 unspecified atom stereocenters. The number of hydrogen-bond acceptors (Lipinski definition) is 1. The Morgan fingerprint density at radius 3 is 2.80 bits per heavy atom. The molecule has 1 heterocycles. The van der Waals surface area contributed by atoms with Crippen LogP contribution < -0.4 is 0 Å². The summed E-state index contributed by atoms with van der Waals surface area (Å²) in [6.45, 7) is 4.49. The van der Waals surface area contributed by atoms with Crippen LogP contribution in [0.3, 0.4) is 0 Å². The van der Waals surface area contributed by atoms with E-state index in [1.54, 1.807) is 0 Å². The van der Waals surface area contributed by atoms with E-state index in [0.29, 0.717) is 0 Å². The second kappa shape index (κ2) is 3.70. The van der Waals surface area contributed by atoms with E-state index in [1.165, 1.54) is 3.70 Å². The molecule has 0 spiro atoms. The average molecular weight is 360 g/mol. The van der Waals surface area contributed by atoms with Crippen molar-refractivity contribution in [3.8, 4) is 0 Å². The van der Waals surface area contributed by atoms with E-state index in [2.05, 4.69) is 61.3 Å². The monoisotopic (exact) mass is 360 g/mol. The van der Waals surface area contributed by atoms with Gasteiger partial charge in [0.2, 0.25) is 0 Å². The fraction of sp³-hybridized carbons (Fsp3) is 0.167. The van der Waals surface area contributed by atoms with E-state index in [9.17, 15) is 0 Å². The van der Waals surface area contributed by atoms with E-state index in [-0.39, 0.29) is 0 Å². The van der Waals surface area contributed by atoms with Crippen molar-refractivity contribution in [2.45, 2.75) is 6.54 Å². The summed E-state index contributed by atoms with van der Waals surface area (Å²) in [4.78, 5) is 4.13. The molecule has 0 aliphatic carbocycles. The molecule has 0 fully saturated rings. The number of halogens is 2. The predicted molar refractivity (Wildman–Crippen MR) is 57.9 cm³/mol. The van der Waals surface area contributed by atoms with Crippen LogP contribution in [-0.2, 0) is 6.54 Å². The van der Waals surface area contributed by atoms with Gasteiger partial charge in [-0.15, -0.1) is 6.58 Å². The van der Waals surface area contributed by atoms with Gasteiger partial charge in [-0.05, 0) is 45.2 Å². The minimum Gasteiger partial charge on any atom is -0.321 e. The maximum atomic E-state index is 4.13. The molecule has 0 bridgehead atoms. The van der Waals surface area contributed by atoms with Crippen LogP contribution in [0, 0.1) is 7.40 Å². The molecule has 4 heteroatoms. The first kappa shape index (κ1) is 8.51. The van der Waals surface area contributed by atoms with E-state index in [4.69, 9.17) is 0 Å². The van der Waals surface area contributed by atoms with Gasteiger partial charge in [0, 0.05) is 6.54 Å². The first-order valence-corrected chi connectivity index (χ1v) is 4.88. The topological polar surface area (TPSA) is 17.8 Å². The molecule has 0 radical (unpaired) electrons. The Kier molecular flexibility index (Phi) is 3.15. The molecular formula is C6H6I2N2. The number of nitrogens with zero attached hydrogens (tertiary/aromatic N) is 2. The smallest absolute Gasteiger partial charge is 0.132 e. The Bertz CT molecular complexity index is 242. The molecule has 0 atom stereocenters. The van der Waals surface area contributed by atoms with Crippen LogP contribution in [0.2, 0.25) is 0 Å². The van der Waals surface area contributed by atoms with E-state index >= 15 is 0 Å². The van der Waals surface area contributed by atoms with Gasteiger partial charge in [0.15, 0.2) is 0 Å². The van der Waals surface area contributed by atoms with Crippen LogP contribution in [0.4, 0.5) is 0 Å². The second-order valence-corrected chi connectivity index (χ2v) is 3.81. The quantitative estimate of drug-likeness (QED) is 0.585. The fourth-order valence-corrected chi connectivity index (χ4v) is 1.50. The molecule has 0 saturated heterocycles. The second-order valence-electron chi connectivity index (χ2n) is 1.77. The van der Waals surface area contributed by atoms with E-state index in [0.717, 1.165) is 10.2 Å². The molecule has 54 valence electrons. The zero-order valence-corrected chi connectivity index (χ0v) is 9.53. The molecule has 2 nitrogen and oxygen atoms in total. The molecule has 0 aliphatic heterocycles. The van der Waals surface area contributed by atoms with Crippen LogP contribution >= 0.6 is 45.2 Å². The molecule has 0 aliphatic rings. The Labute approximate surface area is 87.0 Å². The lowest BCUT2D eigenvalue weighted by atomic mass is 10.6. The lowest BCUT2D eigenvalue weighted by molar-refractivity contribution is 0.800. The third kappa shape index (κ3) is 1.71. The molecule has 1 aromatic rings. The normalized spacial score (nSPS) is 9.80. The number of allylic oxidation sites excluding steroid dienone is 1. The highest BCUT2D eigenvalue weighted by Crippen LogP contribution is 2.12. The molecule has 1 aromatic heterocycles. The molecule has 10 heavy (non-hydrogen) atoms. The van der Waals surface area contributed by atoms with Crippen molar-refractivity contribution >= 4 is 45.2 Å². The summed E-state index contributed by atoms with van der Waals surface area (Å²) < 4.78 is 4.29. The summed E-state index contributed by atoms with van der Waals surface area (Å²) in [5, 5.41) is 0. The van der Waals surface area contributed by atoms with Gasteiger partial charge in [0.1, 0.15) is 7.40 Å². The first-order valence-electron chi connectivity index (χ1n) is 2.72. The van der Waals surface area contributed by atoms with Crippen LogP contribution in [-0.4, -0.2) is 9.55 Å². The molecule has 1 rings (SSSR count). The van der Waals surface area contributed by atoms with Gasteiger partial charge in [0.25, 0.3) is 0 Å². The van der Waals surface area contributed by atoms with Crippen LogP contribution in [0.1, 0.15) is 0 Å². The van der Waals surface area contributed by atoms with Crippen molar-refractivity contribution in [2.24, 2.45) is 0 Å². The molecule has 0 aromatic carbocycles. The van der Waals surface area contributed by atoms with Crippen molar-refractivity contribution in [3.63, 3.8) is 0 Å². The highest BCUT2D eigenvalue weighted by Gasteiger charge is 2.01. The van der Waals surface area contributed by atoms with Gasteiger partial charge in [-0.1, -0.05) is 6.08 Å². The predicted octanol–water partition coefficient (Wildman–Crippen LogP) is 2.28. The van der Waals surface area contributed by atoms with Gasteiger partial charge in [-0.2, -0.15) is 0 Å². The summed E-state index contributed by atoms with van der Waals surface area (Å²) >= 11 is 4.48. The van der Waals surface area contributed by atoms with Crippen LogP contribution in [0.15, 0.2) is 19.0 Å². The Morgan fingerprint density at radius 2 is 2.40 bits per heavy atom. The summed E-state index contributed by atoms with van der Waals surface area (Å²) in [5.41, 5.74) is 0. The molecular weight excluding hydrogens is 354 g/mol. The highest BCUT2D eigenvalue weighted by molar-refractivity contribution is 14.1. The average Bonchev–Trinajstić information content (AvgIpc) is 2.20. The summed E-state index contributed by atoms with van der Waals surface area (Å²) in [6.07, 6.45) is 3.69. The standard InChI is InChI=1S/C6H6I2N2/c1-2-3-10-4-9-5(7)6(10)8/h2,4H,1,3H2. The van der Waals surface area contributed by atoms with Crippen molar-refractivity contribution in [1.82, 2.24) is 9.55 Å². The van der Waals surface area contributed by atoms with Crippen molar-refractivity contribution in [2.75, 3.05) is 0 Å². The third-order valence-electron chi connectivity index (χ3n) is 1.06.